The van der Waals surface area contributed by atoms with Crippen molar-refractivity contribution in [1.29, 1.82) is 0 Å². The van der Waals surface area contributed by atoms with Gasteiger partial charge in [-0.3, -0.25) is 4.79 Å². The van der Waals surface area contributed by atoms with E-state index in [0.717, 1.165) is 37.2 Å². The number of benzene rings is 2. The Morgan fingerprint density at radius 3 is 2.55 bits per heavy atom. The molecule has 0 spiro atoms. The number of rotatable bonds is 7. The third-order valence-electron chi connectivity index (χ3n) is 7.01. The smallest absolute Gasteiger partial charge is 0.253 e. The molecule has 2 aliphatic rings. The second-order valence-electron chi connectivity index (χ2n) is 8.79. The van der Waals surface area contributed by atoms with Crippen molar-refractivity contribution >= 4 is 17.3 Å². The largest absolute Gasteiger partial charge is 0.377 e. The van der Waals surface area contributed by atoms with Crippen molar-refractivity contribution in [1.82, 2.24) is 5.32 Å². The molecule has 0 saturated carbocycles. The molecule has 0 radical (unpaired) electrons. The van der Waals surface area contributed by atoms with Gasteiger partial charge in [-0.2, -0.15) is 0 Å². The summed E-state index contributed by atoms with van der Waals surface area (Å²) in [4.78, 5) is 15.4. The minimum absolute atomic E-state index is 0.00904. The van der Waals surface area contributed by atoms with Gasteiger partial charge in [0, 0.05) is 30.7 Å². The number of fused-ring (bicyclic) bond motifs is 3. The molecule has 0 saturated heterocycles. The van der Waals surface area contributed by atoms with Crippen LogP contribution in [-0.2, 0) is 0 Å². The summed E-state index contributed by atoms with van der Waals surface area (Å²) in [7, 11) is 0. The second-order valence-corrected chi connectivity index (χ2v) is 8.79. The maximum atomic E-state index is 13.0. The Morgan fingerprint density at radius 2 is 1.87 bits per heavy atom. The number of hydrogen-bond donors (Lipinski definition) is 2. The summed E-state index contributed by atoms with van der Waals surface area (Å²) in [6.07, 6.45) is 6.61. The van der Waals surface area contributed by atoms with Gasteiger partial charge >= 0.3 is 0 Å². The highest BCUT2D eigenvalue weighted by Gasteiger charge is 2.39. The van der Waals surface area contributed by atoms with Gasteiger partial charge < -0.3 is 15.5 Å². The van der Waals surface area contributed by atoms with Crippen molar-refractivity contribution < 1.29 is 4.79 Å². The summed E-state index contributed by atoms with van der Waals surface area (Å²) in [6.45, 7) is 10.5. The van der Waals surface area contributed by atoms with Crippen LogP contribution in [0.1, 0.15) is 74.0 Å². The lowest BCUT2D eigenvalue weighted by Gasteiger charge is -2.38. The molecule has 0 aromatic heterocycles. The number of nitrogens with one attached hydrogen (secondary N) is 2. The van der Waals surface area contributed by atoms with E-state index in [1.165, 1.54) is 16.8 Å². The Hall–Kier alpha value is -2.75. The van der Waals surface area contributed by atoms with Gasteiger partial charge in [0.05, 0.1) is 17.3 Å². The normalized spacial score (nSPS) is 22.3. The van der Waals surface area contributed by atoms with E-state index < -0.39 is 0 Å². The highest BCUT2D eigenvalue weighted by Crippen LogP contribution is 2.50. The van der Waals surface area contributed by atoms with Gasteiger partial charge in [-0.05, 0) is 68.9 Å². The van der Waals surface area contributed by atoms with Crippen LogP contribution in [-0.4, -0.2) is 25.0 Å². The Bertz CT molecular complexity index is 945. The summed E-state index contributed by atoms with van der Waals surface area (Å²) in [5, 5.41) is 6.93. The third kappa shape index (κ3) is 4.08. The van der Waals surface area contributed by atoms with E-state index in [-0.39, 0.29) is 18.0 Å². The standard InChI is InChI=1S/C27H35N3O/c1-5-18(4)28-27(31)24-13-9-12-23-21-10-8-11-22(21)25(29-26(23)24)19-14-16-20(17-15-19)30(6-2)7-3/h8-10,12-18,21-22,25,29H,5-7,11H2,1-4H3,(H,28,31). The van der Waals surface area contributed by atoms with E-state index in [2.05, 4.69) is 85.7 Å². The molecule has 2 aromatic carbocycles. The predicted molar refractivity (Wildman–Crippen MR) is 130 cm³/mol. The first kappa shape index (κ1) is 21.5. The molecular weight excluding hydrogens is 382 g/mol. The summed E-state index contributed by atoms with van der Waals surface area (Å²) in [6, 6.07) is 15.5. The first-order valence-electron chi connectivity index (χ1n) is 11.8. The zero-order valence-electron chi connectivity index (χ0n) is 19.2. The number of carbonyl (C=O) groups is 1. The van der Waals surface area contributed by atoms with Gasteiger partial charge in [-0.25, -0.2) is 0 Å². The Kier molecular flexibility index (Phi) is 6.35. The monoisotopic (exact) mass is 417 g/mol. The molecule has 31 heavy (non-hydrogen) atoms. The fourth-order valence-electron chi connectivity index (χ4n) is 5.03. The van der Waals surface area contributed by atoms with Gasteiger partial charge in [-0.1, -0.05) is 43.3 Å². The van der Waals surface area contributed by atoms with Crippen molar-refractivity contribution in [3.05, 3.63) is 71.3 Å². The lowest BCUT2D eigenvalue weighted by atomic mass is 9.76. The molecule has 0 fully saturated rings. The Balaban J connectivity index is 1.68. The van der Waals surface area contributed by atoms with Crippen LogP contribution in [0, 0.1) is 5.92 Å². The molecule has 1 heterocycles. The summed E-state index contributed by atoms with van der Waals surface area (Å²) >= 11 is 0. The zero-order valence-corrected chi connectivity index (χ0v) is 19.2. The molecule has 1 amide bonds. The van der Waals surface area contributed by atoms with Crippen molar-refractivity contribution in [3.63, 3.8) is 0 Å². The predicted octanol–water partition coefficient (Wildman–Crippen LogP) is 5.89. The van der Waals surface area contributed by atoms with Gasteiger partial charge in [0.1, 0.15) is 0 Å². The van der Waals surface area contributed by atoms with Crippen LogP contribution in [0.15, 0.2) is 54.6 Å². The molecule has 1 aliphatic carbocycles. The van der Waals surface area contributed by atoms with E-state index in [4.69, 9.17) is 0 Å². The molecule has 2 N–H and O–H groups in total. The topological polar surface area (TPSA) is 44.4 Å². The molecule has 4 atom stereocenters. The van der Waals surface area contributed by atoms with Crippen molar-refractivity contribution in [2.24, 2.45) is 5.92 Å². The zero-order chi connectivity index (χ0) is 22.0. The second kappa shape index (κ2) is 9.17. The van der Waals surface area contributed by atoms with E-state index in [9.17, 15) is 4.79 Å². The van der Waals surface area contributed by atoms with Crippen LogP contribution >= 0.6 is 0 Å². The molecule has 2 aromatic rings. The number of para-hydroxylation sites is 1. The number of hydrogen-bond acceptors (Lipinski definition) is 3. The molecule has 164 valence electrons. The fraction of sp³-hybridized carbons (Fsp3) is 0.444. The van der Waals surface area contributed by atoms with Crippen molar-refractivity contribution in [2.45, 2.75) is 58.5 Å². The lowest BCUT2D eigenvalue weighted by Crippen LogP contribution is -2.35. The van der Waals surface area contributed by atoms with Gasteiger partial charge in [0.15, 0.2) is 0 Å². The van der Waals surface area contributed by atoms with Crippen LogP contribution in [0.3, 0.4) is 0 Å². The minimum Gasteiger partial charge on any atom is -0.377 e. The molecule has 1 aliphatic heterocycles. The SMILES string of the molecule is CCC(C)NC(=O)c1cccc2c1NC(c1ccc(N(CC)CC)cc1)C1CC=CC21. The van der Waals surface area contributed by atoms with Crippen LogP contribution in [0.4, 0.5) is 11.4 Å². The molecular formula is C27H35N3O. The van der Waals surface area contributed by atoms with Crippen LogP contribution in [0.25, 0.3) is 0 Å². The van der Waals surface area contributed by atoms with Crippen LogP contribution in [0.2, 0.25) is 0 Å². The van der Waals surface area contributed by atoms with E-state index >= 15 is 0 Å². The Labute approximate surface area is 186 Å². The fourth-order valence-corrected chi connectivity index (χ4v) is 5.03. The summed E-state index contributed by atoms with van der Waals surface area (Å²) in [5.41, 5.74) is 5.54. The van der Waals surface area contributed by atoms with Crippen molar-refractivity contribution in [3.8, 4) is 0 Å². The molecule has 4 heteroatoms. The lowest BCUT2D eigenvalue weighted by molar-refractivity contribution is 0.0939. The van der Waals surface area contributed by atoms with Gasteiger partial charge in [0.2, 0.25) is 0 Å². The van der Waals surface area contributed by atoms with Crippen molar-refractivity contribution in [2.75, 3.05) is 23.3 Å². The number of amides is 1. The summed E-state index contributed by atoms with van der Waals surface area (Å²) < 4.78 is 0. The van der Waals surface area contributed by atoms with E-state index in [1.807, 2.05) is 12.1 Å². The summed E-state index contributed by atoms with van der Waals surface area (Å²) in [5.74, 6) is 0.828. The maximum absolute atomic E-state index is 13.0. The van der Waals surface area contributed by atoms with Gasteiger partial charge in [-0.15, -0.1) is 0 Å². The number of carbonyl (C=O) groups excluding carboxylic acids is 1. The molecule has 0 bridgehead atoms. The minimum atomic E-state index is 0.00904. The van der Waals surface area contributed by atoms with E-state index in [0.29, 0.717) is 11.8 Å². The average molecular weight is 418 g/mol. The average Bonchev–Trinajstić information content (AvgIpc) is 3.29. The molecule has 4 nitrogen and oxygen atoms in total. The highest BCUT2D eigenvalue weighted by molar-refractivity contribution is 6.01. The maximum Gasteiger partial charge on any atom is 0.253 e. The molecule has 4 unspecified atom stereocenters. The van der Waals surface area contributed by atoms with Crippen LogP contribution in [0.5, 0.6) is 0 Å². The Morgan fingerprint density at radius 1 is 1.13 bits per heavy atom. The number of anilines is 2. The van der Waals surface area contributed by atoms with Gasteiger partial charge in [0.25, 0.3) is 5.91 Å². The molecule has 4 rings (SSSR count). The van der Waals surface area contributed by atoms with E-state index in [1.54, 1.807) is 0 Å². The number of allylic oxidation sites excluding steroid dienone is 2. The first-order chi connectivity index (χ1) is 15.1. The first-order valence-corrected chi connectivity index (χ1v) is 11.8. The van der Waals surface area contributed by atoms with Crippen LogP contribution < -0.4 is 15.5 Å². The highest BCUT2D eigenvalue weighted by atomic mass is 16.1. The third-order valence-corrected chi connectivity index (χ3v) is 7.01. The number of nitrogens with zero attached hydrogens (tertiary/aromatic N) is 1. The quantitative estimate of drug-likeness (QED) is 0.552.